The second-order valence-corrected chi connectivity index (χ2v) is 5.08. The predicted octanol–water partition coefficient (Wildman–Crippen LogP) is -2.07. The van der Waals surface area contributed by atoms with Crippen LogP contribution in [0.1, 0.15) is 0 Å². The molecular formula is C10H12KN3O4S. The first-order valence-corrected chi connectivity index (χ1v) is 6.77. The molecule has 0 saturated carbocycles. The molecule has 1 heterocycles. The molecule has 0 unspecified atom stereocenters. The molecule has 19 heavy (non-hydrogen) atoms. The van der Waals surface area contributed by atoms with Crippen molar-refractivity contribution < 1.29 is 69.1 Å². The van der Waals surface area contributed by atoms with Crippen molar-refractivity contribution >= 4 is 15.8 Å². The molecule has 0 atom stereocenters. The summed E-state index contributed by atoms with van der Waals surface area (Å²) in [5.41, 5.74) is 0.494. The number of hydrogen-bond acceptors (Lipinski definition) is 6. The van der Waals surface area contributed by atoms with Gasteiger partial charge >= 0.3 is 51.4 Å². The largest absolute Gasteiger partial charge is 1.00 e. The van der Waals surface area contributed by atoms with Crippen LogP contribution in [0.2, 0.25) is 0 Å². The number of ether oxygens (including phenoxy) is 1. The summed E-state index contributed by atoms with van der Waals surface area (Å²) in [6.45, 7) is 2.59. The zero-order valence-electron chi connectivity index (χ0n) is 10.5. The van der Waals surface area contributed by atoms with Gasteiger partial charge in [0.15, 0.2) is 0 Å². The van der Waals surface area contributed by atoms with Gasteiger partial charge in [-0.15, -0.1) is 5.11 Å². The van der Waals surface area contributed by atoms with E-state index in [9.17, 15) is 13.0 Å². The Bertz CT molecular complexity index is 526. The van der Waals surface area contributed by atoms with Crippen LogP contribution in [-0.4, -0.2) is 44.3 Å². The second-order valence-electron chi connectivity index (χ2n) is 3.70. The van der Waals surface area contributed by atoms with Crippen molar-refractivity contribution in [3.05, 3.63) is 24.3 Å². The molecule has 0 radical (unpaired) electrons. The Kier molecular flexibility index (Phi) is 7.04. The van der Waals surface area contributed by atoms with E-state index in [1.54, 1.807) is 5.01 Å². The van der Waals surface area contributed by atoms with Gasteiger partial charge in [0, 0.05) is 0 Å². The van der Waals surface area contributed by atoms with Gasteiger partial charge in [0.1, 0.15) is 10.1 Å². The SMILES string of the molecule is O=S(=O)([O-])c1ccc(N=NN2CCOCC2)cc1.[K+]. The number of hydrogen-bond donors (Lipinski definition) is 0. The molecule has 1 aliphatic heterocycles. The molecule has 98 valence electrons. The van der Waals surface area contributed by atoms with Gasteiger partial charge in [-0.05, 0) is 24.3 Å². The minimum absolute atomic E-state index is 0. The minimum atomic E-state index is -4.40. The molecule has 0 aromatic heterocycles. The normalized spacial score (nSPS) is 16.4. The van der Waals surface area contributed by atoms with Crippen LogP contribution >= 0.6 is 0 Å². The van der Waals surface area contributed by atoms with Crippen molar-refractivity contribution in [1.29, 1.82) is 0 Å². The van der Waals surface area contributed by atoms with E-state index < -0.39 is 10.1 Å². The van der Waals surface area contributed by atoms with E-state index >= 15 is 0 Å². The van der Waals surface area contributed by atoms with Crippen LogP contribution in [-0.2, 0) is 14.9 Å². The molecule has 1 aromatic carbocycles. The van der Waals surface area contributed by atoms with E-state index in [1.165, 1.54) is 24.3 Å². The first kappa shape index (κ1) is 17.2. The summed E-state index contributed by atoms with van der Waals surface area (Å²) in [6.07, 6.45) is 0. The van der Waals surface area contributed by atoms with Crippen LogP contribution in [0.5, 0.6) is 0 Å². The molecule has 1 aliphatic rings. The zero-order valence-corrected chi connectivity index (χ0v) is 14.5. The number of nitrogens with zero attached hydrogens (tertiary/aromatic N) is 3. The Morgan fingerprint density at radius 1 is 1.16 bits per heavy atom. The summed E-state index contributed by atoms with van der Waals surface area (Å²) in [5.74, 6) is 0. The van der Waals surface area contributed by atoms with Gasteiger partial charge < -0.3 is 9.29 Å². The molecular weight excluding hydrogens is 297 g/mol. The minimum Gasteiger partial charge on any atom is -0.744 e. The standard InChI is InChI=1S/C10H13N3O4S.K/c14-18(15,16)10-3-1-9(2-4-10)11-12-13-5-7-17-8-6-13;/h1-4H,5-8H2,(H,14,15,16);/q;+1/p-1. The molecule has 1 fully saturated rings. The van der Waals surface area contributed by atoms with E-state index in [-0.39, 0.29) is 56.3 Å². The summed E-state index contributed by atoms with van der Waals surface area (Å²) in [6, 6.07) is 5.31. The summed E-state index contributed by atoms with van der Waals surface area (Å²) in [7, 11) is -4.40. The Labute approximate surface area is 154 Å². The maximum atomic E-state index is 10.7. The molecule has 7 nitrogen and oxygen atoms in total. The monoisotopic (exact) mass is 309 g/mol. The fourth-order valence-electron chi connectivity index (χ4n) is 1.44. The molecule has 0 aliphatic carbocycles. The Morgan fingerprint density at radius 3 is 2.26 bits per heavy atom. The van der Waals surface area contributed by atoms with Gasteiger partial charge in [-0.25, -0.2) is 8.42 Å². The first-order chi connectivity index (χ1) is 8.55. The maximum absolute atomic E-state index is 10.7. The quantitative estimate of drug-likeness (QED) is 0.363. The number of morpholine rings is 1. The molecule has 9 heteroatoms. The van der Waals surface area contributed by atoms with E-state index in [1.807, 2.05) is 0 Å². The van der Waals surface area contributed by atoms with E-state index in [0.717, 1.165) is 0 Å². The van der Waals surface area contributed by atoms with Gasteiger partial charge in [-0.1, -0.05) is 5.22 Å². The molecule has 2 rings (SSSR count). The van der Waals surface area contributed by atoms with E-state index in [4.69, 9.17) is 4.74 Å². The number of rotatable bonds is 3. The van der Waals surface area contributed by atoms with Crippen molar-refractivity contribution in [2.24, 2.45) is 10.3 Å². The molecule has 0 bridgehead atoms. The summed E-state index contributed by atoms with van der Waals surface area (Å²) < 4.78 is 37.3. The topological polar surface area (TPSA) is 94.4 Å². The zero-order chi connectivity index (χ0) is 13.0. The Hall–Kier alpha value is 0.126. The smallest absolute Gasteiger partial charge is 0.744 e. The third-order valence-corrected chi connectivity index (χ3v) is 3.25. The third-order valence-electron chi connectivity index (χ3n) is 2.40. The third kappa shape index (κ3) is 5.56. The van der Waals surface area contributed by atoms with Gasteiger partial charge in [0.25, 0.3) is 0 Å². The van der Waals surface area contributed by atoms with Crippen LogP contribution in [0.3, 0.4) is 0 Å². The molecule has 0 amide bonds. The van der Waals surface area contributed by atoms with Gasteiger partial charge in [-0.2, -0.15) is 0 Å². The van der Waals surface area contributed by atoms with Crippen molar-refractivity contribution in [2.45, 2.75) is 4.90 Å². The second kappa shape index (κ2) is 7.79. The van der Waals surface area contributed by atoms with Crippen molar-refractivity contribution in [3.63, 3.8) is 0 Å². The fourth-order valence-corrected chi connectivity index (χ4v) is 1.91. The number of benzene rings is 1. The Morgan fingerprint density at radius 2 is 1.74 bits per heavy atom. The summed E-state index contributed by atoms with van der Waals surface area (Å²) >= 11 is 0. The molecule has 0 spiro atoms. The average molecular weight is 309 g/mol. The maximum Gasteiger partial charge on any atom is 1.00 e. The van der Waals surface area contributed by atoms with Gasteiger partial charge in [-0.3, -0.25) is 5.01 Å². The van der Waals surface area contributed by atoms with Crippen LogP contribution in [0.25, 0.3) is 0 Å². The van der Waals surface area contributed by atoms with Gasteiger partial charge in [0.2, 0.25) is 0 Å². The summed E-state index contributed by atoms with van der Waals surface area (Å²) in [4.78, 5) is -0.271. The summed E-state index contributed by atoms with van der Waals surface area (Å²) in [5, 5.41) is 9.71. The fraction of sp³-hybridized carbons (Fsp3) is 0.400. The molecule has 1 aromatic rings. The Balaban J connectivity index is 0.00000180. The van der Waals surface area contributed by atoms with Crippen molar-refractivity contribution in [1.82, 2.24) is 5.01 Å². The molecule has 0 N–H and O–H groups in total. The van der Waals surface area contributed by atoms with Crippen LogP contribution < -0.4 is 51.4 Å². The average Bonchev–Trinajstić information content (AvgIpc) is 2.37. The van der Waals surface area contributed by atoms with Crippen LogP contribution in [0.4, 0.5) is 5.69 Å². The van der Waals surface area contributed by atoms with Crippen LogP contribution in [0.15, 0.2) is 39.5 Å². The van der Waals surface area contributed by atoms with E-state index in [2.05, 4.69) is 10.3 Å². The van der Waals surface area contributed by atoms with Crippen molar-refractivity contribution in [2.75, 3.05) is 26.3 Å². The molecule has 1 saturated heterocycles. The first-order valence-electron chi connectivity index (χ1n) is 5.36. The van der Waals surface area contributed by atoms with E-state index in [0.29, 0.717) is 32.0 Å². The van der Waals surface area contributed by atoms with Crippen LogP contribution in [0, 0.1) is 0 Å². The van der Waals surface area contributed by atoms with Gasteiger partial charge in [0.05, 0.1) is 36.9 Å². The van der Waals surface area contributed by atoms with Crippen molar-refractivity contribution in [3.8, 4) is 0 Å². The predicted molar refractivity (Wildman–Crippen MR) is 61.3 cm³/mol.